The average Bonchev–Trinajstić information content (AvgIpc) is 3.60. The van der Waals surface area contributed by atoms with Crippen LogP contribution in [-0.2, 0) is 0 Å². The predicted molar refractivity (Wildman–Crippen MR) is 149 cm³/mol. The Kier molecular flexibility index (Phi) is 5.35. The molecule has 2 aliphatic heterocycles. The van der Waals surface area contributed by atoms with Gasteiger partial charge in [-0.1, -0.05) is 37.4 Å². The molecular weight excluding hydrogens is 442 g/mol. The lowest BCUT2D eigenvalue weighted by Gasteiger charge is -2.01. The molecule has 0 fully saturated rings. The van der Waals surface area contributed by atoms with E-state index in [9.17, 15) is 0 Å². The molecule has 36 heavy (non-hydrogen) atoms. The molecule has 0 spiro atoms. The molecule has 4 aromatic heterocycles. The first-order valence-electron chi connectivity index (χ1n) is 11.7. The first kappa shape index (κ1) is 21.5. The van der Waals surface area contributed by atoms with E-state index in [4.69, 9.17) is 0 Å². The highest BCUT2D eigenvalue weighted by atomic mass is 15.1. The Labute approximate surface area is 209 Å². The molecule has 0 aliphatic carbocycles. The van der Waals surface area contributed by atoms with E-state index < -0.39 is 0 Å². The van der Waals surface area contributed by atoms with Crippen molar-refractivity contribution in [2.45, 2.75) is 0 Å². The topological polar surface area (TPSA) is 47.5 Å². The summed E-state index contributed by atoms with van der Waals surface area (Å²) in [6, 6.07) is 20.6. The minimum Gasteiger partial charge on any atom is -0.317 e. The van der Waals surface area contributed by atoms with Gasteiger partial charge in [0.15, 0.2) is 0 Å². The number of nitrogens with zero attached hydrogens (tertiary/aromatic N) is 5. The second kappa shape index (κ2) is 8.96. The normalized spacial score (nSPS) is 11.9. The van der Waals surface area contributed by atoms with Crippen LogP contribution >= 0.6 is 0 Å². The number of pyridine rings is 2. The third kappa shape index (κ3) is 3.73. The van der Waals surface area contributed by atoms with Gasteiger partial charge >= 0.3 is 0 Å². The van der Waals surface area contributed by atoms with E-state index >= 15 is 0 Å². The molecule has 0 radical (unpaired) electrons. The Balaban J connectivity index is 1.30. The zero-order valence-corrected chi connectivity index (χ0v) is 19.6. The Hall–Kier alpha value is -5.03. The molecule has 0 atom stereocenters. The molecule has 4 aromatic rings. The first-order chi connectivity index (χ1) is 17.7. The summed E-state index contributed by atoms with van der Waals surface area (Å²) in [5.74, 6) is 0. The van der Waals surface area contributed by atoms with Gasteiger partial charge in [-0.05, 0) is 84.0 Å². The molecule has 0 saturated heterocycles. The Morgan fingerprint density at radius 2 is 1.28 bits per heavy atom. The van der Waals surface area contributed by atoms with E-state index in [0.29, 0.717) is 0 Å². The standard InChI is InChI=1S/C31H23N5/c1-3-22-7-5-19-35-25(13-17-30(22)35)11-9-24-10-15-27-28(33-34-29(27)21-32-24)16-12-26-14-18-31-23(4-2)8-6-20-36(26)31/h3-21H,1-2H2/b11-9+,16-12+. The lowest BCUT2D eigenvalue weighted by atomic mass is 10.1. The first-order valence-corrected chi connectivity index (χ1v) is 11.7. The highest BCUT2D eigenvalue weighted by Crippen LogP contribution is 2.25. The highest BCUT2D eigenvalue weighted by Gasteiger charge is 2.11. The molecule has 5 heteroatoms. The van der Waals surface area contributed by atoms with E-state index in [1.807, 2.05) is 54.8 Å². The summed E-state index contributed by atoms with van der Waals surface area (Å²) in [6.45, 7) is 7.81. The van der Waals surface area contributed by atoms with Gasteiger partial charge in [-0.3, -0.25) is 4.98 Å². The molecule has 6 heterocycles. The maximum absolute atomic E-state index is 4.61. The fourth-order valence-electron chi connectivity index (χ4n) is 4.50. The zero-order chi connectivity index (χ0) is 24.5. The van der Waals surface area contributed by atoms with Crippen LogP contribution in [0.1, 0.15) is 33.9 Å². The van der Waals surface area contributed by atoms with Crippen LogP contribution in [0.3, 0.4) is 0 Å². The lowest BCUT2D eigenvalue weighted by molar-refractivity contribution is 1.08. The fourth-order valence-corrected chi connectivity index (χ4v) is 4.50. The van der Waals surface area contributed by atoms with Crippen molar-refractivity contribution in [3.63, 3.8) is 0 Å². The number of hydrogen-bond acceptors (Lipinski definition) is 3. The molecule has 2 aliphatic rings. The van der Waals surface area contributed by atoms with Gasteiger partial charge in [-0.2, -0.15) is 0 Å². The second-order valence-corrected chi connectivity index (χ2v) is 8.43. The second-order valence-electron chi connectivity index (χ2n) is 8.43. The average molecular weight is 466 g/mol. The number of fused-ring (bicyclic) bond motifs is 3. The molecular formula is C31H23N5. The van der Waals surface area contributed by atoms with Crippen LogP contribution in [0.25, 0.3) is 58.7 Å². The molecule has 172 valence electrons. The van der Waals surface area contributed by atoms with Crippen molar-refractivity contribution < 1.29 is 0 Å². The van der Waals surface area contributed by atoms with E-state index in [-0.39, 0.29) is 0 Å². The van der Waals surface area contributed by atoms with Gasteiger partial charge < -0.3 is 8.80 Å². The highest BCUT2D eigenvalue weighted by molar-refractivity contribution is 5.80. The molecule has 0 N–H and O–H groups in total. The van der Waals surface area contributed by atoms with Crippen molar-refractivity contribution in [1.29, 1.82) is 0 Å². The van der Waals surface area contributed by atoms with Gasteiger partial charge in [0.1, 0.15) is 5.69 Å². The predicted octanol–water partition coefficient (Wildman–Crippen LogP) is 7.11. The van der Waals surface area contributed by atoms with E-state index in [0.717, 1.165) is 56.2 Å². The largest absolute Gasteiger partial charge is 0.317 e. The molecule has 5 nitrogen and oxygen atoms in total. The summed E-state index contributed by atoms with van der Waals surface area (Å²) in [4.78, 5) is 4.61. The van der Waals surface area contributed by atoms with E-state index in [1.165, 1.54) is 0 Å². The smallest absolute Gasteiger partial charge is 0.113 e. The van der Waals surface area contributed by atoms with Crippen molar-refractivity contribution in [2.75, 3.05) is 0 Å². The Morgan fingerprint density at radius 3 is 1.92 bits per heavy atom. The van der Waals surface area contributed by atoms with Crippen molar-refractivity contribution in [3.05, 3.63) is 126 Å². The minimum atomic E-state index is 0.757. The Bertz CT molecular complexity index is 1780. The quantitative estimate of drug-likeness (QED) is 0.263. The van der Waals surface area contributed by atoms with E-state index in [2.05, 4.69) is 91.9 Å². The number of rotatable bonds is 6. The van der Waals surface area contributed by atoms with Gasteiger partial charge in [-0.15, -0.1) is 10.2 Å². The third-order valence-electron chi connectivity index (χ3n) is 6.36. The third-order valence-corrected chi connectivity index (χ3v) is 6.36. The van der Waals surface area contributed by atoms with Crippen LogP contribution in [-0.4, -0.2) is 24.0 Å². The summed E-state index contributed by atoms with van der Waals surface area (Å²) >= 11 is 0. The molecule has 0 unspecified atom stereocenters. The summed E-state index contributed by atoms with van der Waals surface area (Å²) < 4.78 is 4.28. The monoisotopic (exact) mass is 465 g/mol. The van der Waals surface area contributed by atoms with Gasteiger partial charge in [0, 0.05) is 29.3 Å². The van der Waals surface area contributed by atoms with Crippen LogP contribution in [0.2, 0.25) is 0 Å². The molecule has 6 rings (SSSR count). The molecule has 0 aromatic carbocycles. The SMILES string of the molecule is C=Cc1cccn2c(/C=C/c3ccc4c(/C=C/c5ccc6c(C=C)cccn56)nnc-4cn3)ccc12. The summed E-state index contributed by atoms with van der Waals surface area (Å²) in [5.41, 5.74) is 9.94. The van der Waals surface area contributed by atoms with Crippen molar-refractivity contribution in [3.8, 4) is 11.3 Å². The molecule has 0 bridgehead atoms. The number of hydrogen-bond donors (Lipinski definition) is 0. The van der Waals surface area contributed by atoms with Crippen LogP contribution < -0.4 is 0 Å². The Morgan fingerprint density at radius 1 is 0.639 bits per heavy atom. The summed E-state index contributed by atoms with van der Waals surface area (Å²) in [5, 5.41) is 8.71. The fraction of sp³-hybridized carbons (Fsp3) is 0. The zero-order valence-electron chi connectivity index (χ0n) is 19.6. The van der Waals surface area contributed by atoms with Crippen LogP contribution in [0.5, 0.6) is 0 Å². The summed E-state index contributed by atoms with van der Waals surface area (Å²) in [6.07, 6.45) is 17.7. The van der Waals surface area contributed by atoms with Gasteiger partial charge in [0.05, 0.1) is 28.6 Å². The minimum absolute atomic E-state index is 0.757. The van der Waals surface area contributed by atoms with Crippen LogP contribution in [0.15, 0.2) is 92.4 Å². The number of aromatic nitrogens is 5. The van der Waals surface area contributed by atoms with Crippen LogP contribution in [0, 0.1) is 0 Å². The van der Waals surface area contributed by atoms with Crippen molar-refractivity contribution in [1.82, 2.24) is 24.0 Å². The van der Waals surface area contributed by atoms with Crippen LogP contribution in [0.4, 0.5) is 0 Å². The summed E-state index contributed by atoms with van der Waals surface area (Å²) in [7, 11) is 0. The van der Waals surface area contributed by atoms with Gasteiger partial charge in [0.25, 0.3) is 0 Å². The molecule has 0 saturated carbocycles. The van der Waals surface area contributed by atoms with E-state index in [1.54, 1.807) is 6.20 Å². The maximum Gasteiger partial charge on any atom is 0.113 e. The van der Waals surface area contributed by atoms with Crippen molar-refractivity contribution >= 4 is 47.5 Å². The van der Waals surface area contributed by atoms with Gasteiger partial charge in [0.2, 0.25) is 0 Å². The lowest BCUT2D eigenvalue weighted by Crippen LogP contribution is -1.88. The maximum atomic E-state index is 4.61. The molecule has 0 amide bonds. The van der Waals surface area contributed by atoms with Gasteiger partial charge in [-0.25, -0.2) is 0 Å². The van der Waals surface area contributed by atoms with Crippen molar-refractivity contribution in [2.24, 2.45) is 0 Å².